The Morgan fingerprint density at radius 1 is 0.444 bits per heavy atom. The molecule has 0 saturated carbocycles. The fourth-order valence-electron chi connectivity index (χ4n) is 8.66. The van der Waals surface area contributed by atoms with E-state index in [1.165, 1.54) is 20.8 Å². The molecule has 0 unspecified atom stereocenters. The van der Waals surface area contributed by atoms with Crippen LogP contribution in [-0.2, 0) is 65.6 Å². The van der Waals surface area contributed by atoms with Gasteiger partial charge < -0.3 is 109 Å². The topological polar surface area (TPSA) is 581 Å². The zero-order valence-corrected chi connectivity index (χ0v) is 51.3. The molecule has 0 aromatic heterocycles. The van der Waals surface area contributed by atoms with Crippen LogP contribution >= 0.6 is 0 Å². The number of aliphatic hydroxyl groups is 2. The number of rotatable bonds is 43. The summed E-state index contributed by atoms with van der Waals surface area (Å²) in [6.07, 6.45) is 0.517. The van der Waals surface area contributed by atoms with Gasteiger partial charge >= 0.3 is 0 Å². The van der Waals surface area contributed by atoms with Crippen molar-refractivity contribution in [3.05, 3.63) is 71.8 Å². The Balaban J connectivity index is 2.21. The smallest absolute Gasteiger partial charge is 0.245 e. The molecule has 0 radical (unpaired) electrons. The number of nitrogens with zero attached hydrogens (tertiary/aromatic N) is 2. The maximum absolute atomic E-state index is 14.1. The molecule has 90 heavy (non-hydrogen) atoms. The highest BCUT2D eigenvalue weighted by Crippen LogP contribution is 2.10. The Labute approximate surface area is 522 Å². The minimum atomic E-state index is -1.71. The normalized spacial score (nSPS) is 14.6. The Kier molecular flexibility index (Phi) is 35.9. The molecule has 33 nitrogen and oxygen atoms in total. The van der Waals surface area contributed by atoms with Crippen LogP contribution in [-0.4, -0.2) is 193 Å². The molecule has 11 atom stereocenters. The number of carbonyl (C=O) groups excluding carboxylic acids is 11. The molecule has 500 valence electrons. The first-order valence-corrected chi connectivity index (χ1v) is 29.6. The van der Waals surface area contributed by atoms with E-state index < -0.39 is 145 Å². The molecule has 2 aromatic rings. The number of nitrogens with one attached hydrogen (secondary N) is 10. The number of hydrogen-bond donors (Lipinski definition) is 20. The first kappa shape index (κ1) is 77.0. The van der Waals surface area contributed by atoms with Gasteiger partial charge in [-0.1, -0.05) is 60.7 Å². The lowest BCUT2D eigenvalue weighted by molar-refractivity contribution is -0.136. The number of benzene rings is 2. The Bertz CT molecular complexity index is 2700. The van der Waals surface area contributed by atoms with E-state index in [0.29, 0.717) is 31.4 Å². The number of hydrogen-bond acceptors (Lipinski definition) is 18. The van der Waals surface area contributed by atoms with E-state index in [4.69, 9.17) is 45.9 Å². The molecule has 28 N–H and O–H groups in total. The largest absolute Gasteiger partial charge is 0.394 e. The van der Waals surface area contributed by atoms with Crippen molar-refractivity contribution in [3.8, 4) is 0 Å². The second-order valence-corrected chi connectivity index (χ2v) is 21.4. The van der Waals surface area contributed by atoms with Gasteiger partial charge in [0.15, 0.2) is 11.9 Å². The third-order valence-corrected chi connectivity index (χ3v) is 13.7. The second kappa shape index (κ2) is 42.0. The summed E-state index contributed by atoms with van der Waals surface area (Å²) in [6, 6.07) is 3.99. The predicted octanol–water partition coefficient (Wildman–Crippen LogP) is -7.46. The zero-order chi connectivity index (χ0) is 67.3. The zero-order valence-electron chi connectivity index (χ0n) is 51.3. The Morgan fingerprint density at radius 3 is 1.28 bits per heavy atom. The number of guanidine groups is 2. The Hall–Kier alpha value is -9.05. The van der Waals surface area contributed by atoms with Crippen LogP contribution in [0.4, 0.5) is 0 Å². The molecule has 33 heteroatoms. The van der Waals surface area contributed by atoms with Crippen LogP contribution in [0.1, 0.15) is 96.1 Å². The van der Waals surface area contributed by atoms with Crippen molar-refractivity contribution in [2.75, 3.05) is 39.3 Å². The van der Waals surface area contributed by atoms with Crippen LogP contribution in [0.2, 0.25) is 0 Å². The monoisotopic (exact) mass is 1270 g/mol. The standard InChI is InChI=1S/C57H94N20O13/c1-32(69-44(80)30-68-55(90)45(34(3)79)77-53(88)42(29-36-18-8-5-9-19-36)75-49(84)37(60)28-35-16-6-4-7-17-35)47(82)72-41(23-15-27-67-57(64)65)51(86)74-39(21-11-13-25-59)52(87)76-43(31-78)54(89)70-33(2)48(83)73-40(22-14-26-66-56(62)63)50(85)71-38(46(61)81)20-10-12-24-58/h4-9,16-19,32-34,37-43,45,78-79H,10-15,20-31,58-60H2,1-3H3,(H2,61,81)(H,68,90)(H,69,80)(H,70,89)(H,71,85)(H,72,82)(H,73,83)(H,74,86)(H,75,84)(H,76,87)(H,77,88)(H4,62,63,66)(H4,64,65,67)/t32-,33-,34+,37-,38-,39-,40-,41-,42-,43-,45-/m0/s1. The molecule has 0 aliphatic carbocycles. The average Bonchev–Trinajstić information content (AvgIpc) is 2.75. The van der Waals surface area contributed by atoms with Gasteiger partial charge in [0.1, 0.15) is 54.4 Å². The van der Waals surface area contributed by atoms with E-state index in [0.717, 1.165) is 5.56 Å². The highest BCUT2D eigenvalue weighted by Gasteiger charge is 2.35. The van der Waals surface area contributed by atoms with Gasteiger partial charge in [-0.2, -0.15) is 0 Å². The number of primary amides is 1. The number of aliphatic hydroxyl groups excluding tert-OH is 2. The van der Waals surface area contributed by atoms with Gasteiger partial charge in [-0.3, -0.25) is 62.7 Å². The van der Waals surface area contributed by atoms with Gasteiger partial charge in [0, 0.05) is 19.5 Å². The summed E-state index contributed by atoms with van der Waals surface area (Å²) in [7, 11) is 0. The quantitative estimate of drug-likeness (QED) is 0.0167. The molecular weight excluding hydrogens is 1170 g/mol. The van der Waals surface area contributed by atoms with Gasteiger partial charge in [0.05, 0.1) is 25.3 Å². The number of unbranched alkanes of at least 4 members (excludes halogenated alkanes) is 2. The third-order valence-electron chi connectivity index (χ3n) is 13.7. The van der Waals surface area contributed by atoms with E-state index in [-0.39, 0.29) is 89.3 Å². The molecule has 0 bridgehead atoms. The molecule has 0 aliphatic heterocycles. The molecule has 0 heterocycles. The fraction of sp³-hybridized carbons (Fsp3) is 0.561. The van der Waals surface area contributed by atoms with Gasteiger partial charge in [0.2, 0.25) is 65.0 Å². The van der Waals surface area contributed by atoms with Crippen molar-refractivity contribution in [2.45, 2.75) is 164 Å². The minimum Gasteiger partial charge on any atom is -0.394 e. The third kappa shape index (κ3) is 30.2. The lowest BCUT2D eigenvalue weighted by atomic mass is 10.0. The molecule has 0 saturated heterocycles. The molecule has 2 rings (SSSR count). The minimum absolute atomic E-state index is 0.00404. The first-order valence-electron chi connectivity index (χ1n) is 29.6. The van der Waals surface area contributed by atoms with E-state index in [2.05, 4.69) is 63.2 Å². The van der Waals surface area contributed by atoms with Crippen molar-refractivity contribution in [2.24, 2.45) is 55.9 Å². The van der Waals surface area contributed by atoms with E-state index in [9.17, 15) is 63.0 Å². The lowest BCUT2D eigenvalue weighted by Gasteiger charge is -2.26. The lowest BCUT2D eigenvalue weighted by Crippen LogP contribution is -2.60. The van der Waals surface area contributed by atoms with Crippen LogP contribution < -0.4 is 99.0 Å². The molecule has 2 aromatic carbocycles. The van der Waals surface area contributed by atoms with Crippen LogP contribution in [0, 0.1) is 0 Å². The summed E-state index contributed by atoms with van der Waals surface area (Å²) in [4.78, 5) is 156. The van der Waals surface area contributed by atoms with Crippen molar-refractivity contribution in [1.82, 2.24) is 53.2 Å². The molecular formula is C57H94N20O13. The van der Waals surface area contributed by atoms with Gasteiger partial charge in [-0.05, 0) is 116 Å². The average molecular weight is 1270 g/mol. The number of amides is 11. The highest BCUT2D eigenvalue weighted by molar-refractivity contribution is 5.98. The van der Waals surface area contributed by atoms with Crippen LogP contribution in [0.3, 0.4) is 0 Å². The van der Waals surface area contributed by atoms with Crippen molar-refractivity contribution >= 4 is 76.9 Å². The van der Waals surface area contributed by atoms with E-state index >= 15 is 0 Å². The molecule has 0 fully saturated rings. The van der Waals surface area contributed by atoms with E-state index in [1.807, 2.05) is 6.07 Å². The van der Waals surface area contributed by atoms with E-state index in [1.54, 1.807) is 54.6 Å². The van der Waals surface area contributed by atoms with Crippen LogP contribution in [0.15, 0.2) is 70.6 Å². The summed E-state index contributed by atoms with van der Waals surface area (Å²) in [5.41, 5.74) is 46.2. The maximum Gasteiger partial charge on any atom is 0.245 e. The number of aliphatic imine (C=N–C) groups is 2. The predicted molar refractivity (Wildman–Crippen MR) is 334 cm³/mol. The van der Waals surface area contributed by atoms with Crippen LogP contribution in [0.5, 0.6) is 0 Å². The van der Waals surface area contributed by atoms with Crippen molar-refractivity contribution < 1.29 is 63.0 Å². The van der Waals surface area contributed by atoms with Crippen LogP contribution in [0.25, 0.3) is 0 Å². The molecule has 0 aliphatic rings. The summed E-state index contributed by atoms with van der Waals surface area (Å²) in [6.45, 7) is 2.58. The SMILES string of the molecule is C[C@H](NC(=O)CNC(=O)[C@@H](NC(=O)[C@H](Cc1ccccc1)NC(=O)[C@@H](N)Cc1ccccc1)[C@@H](C)O)C(=O)N[C@@H](CCCN=C(N)N)C(=O)N[C@@H](CCCCN)C(=O)N[C@@H](CO)C(=O)N[C@@H](C)C(=O)N[C@@H](CCCN=C(N)N)C(=O)N[C@@H](CCCCN)C(N)=O. The molecule has 0 spiro atoms. The Morgan fingerprint density at radius 2 is 0.833 bits per heavy atom. The first-order chi connectivity index (χ1) is 42.7. The second-order valence-electron chi connectivity index (χ2n) is 21.4. The molecule has 11 amide bonds. The summed E-state index contributed by atoms with van der Waals surface area (Å²) in [5.74, 6) is -10.2. The number of carbonyl (C=O) groups is 11. The van der Waals surface area contributed by atoms with Crippen molar-refractivity contribution in [3.63, 3.8) is 0 Å². The fourth-order valence-corrected chi connectivity index (χ4v) is 8.66. The summed E-state index contributed by atoms with van der Waals surface area (Å²) >= 11 is 0. The van der Waals surface area contributed by atoms with Gasteiger partial charge in [-0.15, -0.1) is 0 Å². The maximum atomic E-state index is 14.1. The van der Waals surface area contributed by atoms with Gasteiger partial charge in [0.25, 0.3) is 0 Å². The summed E-state index contributed by atoms with van der Waals surface area (Å²) < 4.78 is 0. The van der Waals surface area contributed by atoms with Crippen molar-refractivity contribution in [1.29, 1.82) is 0 Å². The van der Waals surface area contributed by atoms with Gasteiger partial charge in [-0.25, -0.2) is 0 Å². The number of nitrogens with two attached hydrogens (primary N) is 8. The highest BCUT2D eigenvalue weighted by atomic mass is 16.3. The summed E-state index contributed by atoms with van der Waals surface area (Å²) in [5, 5.41) is 45.6.